The van der Waals surface area contributed by atoms with Gasteiger partial charge in [0.15, 0.2) is 5.96 Å². The van der Waals surface area contributed by atoms with E-state index in [1.165, 1.54) is 17.0 Å². The van der Waals surface area contributed by atoms with Gasteiger partial charge in [-0.15, -0.1) is 0 Å². The number of nitrogens with two attached hydrogens (primary N) is 1. The smallest absolute Gasteiger partial charge is 0.231 e. The van der Waals surface area contributed by atoms with Crippen molar-refractivity contribution >= 4 is 17.8 Å². The Bertz CT molecular complexity index is 974. The molecular weight excluding hydrogens is 399 g/mol. The molecule has 1 aromatic rings. The number of benzene rings is 1. The van der Waals surface area contributed by atoms with E-state index in [0.29, 0.717) is 31.6 Å². The van der Waals surface area contributed by atoms with Crippen molar-refractivity contribution in [1.29, 1.82) is 0 Å². The predicted molar refractivity (Wildman–Crippen MR) is 115 cm³/mol. The third kappa shape index (κ3) is 4.25. The van der Waals surface area contributed by atoms with Crippen LogP contribution >= 0.6 is 0 Å². The molecule has 3 atom stereocenters. The summed E-state index contributed by atoms with van der Waals surface area (Å²) in [7, 11) is 0. The number of nitrogens with zero attached hydrogens (tertiary/aromatic N) is 2. The fraction of sp³-hybridized carbons (Fsp3) is 0.609. The molecular formula is C23H31FN4O3. The summed E-state index contributed by atoms with van der Waals surface area (Å²) in [4.78, 5) is 31.6. The molecule has 0 bridgehead atoms. The van der Waals surface area contributed by atoms with Crippen molar-refractivity contribution in [3.63, 3.8) is 0 Å². The Balaban J connectivity index is 1.46. The normalized spacial score (nSPS) is 30.7. The van der Waals surface area contributed by atoms with Crippen molar-refractivity contribution in [2.24, 2.45) is 22.1 Å². The van der Waals surface area contributed by atoms with E-state index >= 15 is 0 Å². The average Bonchev–Trinajstić information content (AvgIpc) is 3.28. The number of guanidine groups is 1. The fourth-order valence-corrected chi connectivity index (χ4v) is 4.75. The summed E-state index contributed by atoms with van der Waals surface area (Å²) in [6.45, 7) is 9.97. The van der Waals surface area contributed by atoms with Crippen molar-refractivity contribution in [3.05, 3.63) is 29.6 Å². The third-order valence-electron chi connectivity index (χ3n) is 6.52. The molecule has 8 heteroatoms. The topological polar surface area (TPSA) is 97.0 Å². The predicted octanol–water partition coefficient (Wildman–Crippen LogP) is 2.90. The van der Waals surface area contributed by atoms with Gasteiger partial charge in [0.25, 0.3) is 0 Å². The number of carbonyl (C=O) groups is 2. The summed E-state index contributed by atoms with van der Waals surface area (Å²) in [5, 5.41) is 3.13. The van der Waals surface area contributed by atoms with Crippen LogP contribution in [0.2, 0.25) is 0 Å². The highest BCUT2D eigenvalue weighted by Crippen LogP contribution is 2.53. The van der Waals surface area contributed by atoms with Crippen molar-refractivity contribution in [2.45, 2.75) is 71.1 Å². The maximum atomic E-state index is 13.7. The lowest BCUT2D eigenvalue weighted by atomic mass is 9.89. The molecule has 1 fully saturated rings. The van der Waals surface area contributed by atoms with Gasteiger partial charge >= 0.3 is 0 Å². The molecule has 1 aromatic carbocycles. The molecule has 3 N–H and O–H groups in total. The minimum Gasteiger partial charge on any atom is -0.487 e. The number of hydrogen-bond acceptors (Lipinski definition) is 5. The first kappa shape index (κ1) is 21.6. The summed E-state index contributed by atoms with van der Waals surface area (Å²) < 4.78 is 19.6. The monoisotopic (exact) mass is 430 g/mol. The zero-order valence-electron chi connectivity index (χ0n) is 18.8. The Kier molecular flexibility index (Phi) is 4.83. The Morgan fingerprint density at radius 1 is 1.29 bits per heavy atom. The number of fused-ring (bicyclic) bond motifs is 1. The number of ether oxygens (including phenoxy) is 1. The molecule has 0 saturated heterocycles. The highest BCUT2D eigenvalue weighted by molar-refractivity contribution is 5.99. The molecule has 2 amide bonds. The zero-order chi connectivity index (χ0) is 22.8. The maximum absolute atomic E-state index is 13.7. The summed E-state index contributed by atoms with van der Waals surface area (Å²) in [6, 6.07) is 4.15. The van der Waals surface area contributed by atoms with Gasteiger partial charge in [0, 0.05) is 30.5 Å². The van der Waals surface area contributed by atoms with Crippen molar-refractivity contribution < 1.29 is 18.7 Å². The zero-order valence-corrected chi connectivity index (χ0v) is 18.8. The number of halogens is 1. The van der Waals surface area contributed by atoms with E-state index in [0.717, 1.165) is 5.56 Å². The second-order valence-corrected chi connectivity index (χ2v) is 10.7. The molecule has 0 aromatic heterocycles. The first-order chi connectivity index (χ1) is 14.3. The van der Waals surface area contributed by atoms with Crippen LogP contribution in [-0.2, 0) is 9.59 Å². The molecule has 1 saturated carbocycles. The van der Waals surface area contributed by atoms with Crippen LogP contribution < -0.4 is 15.8 Å². The van der Waals surface area contributed by atoms with E-state index in [1.807, 2.05) is 34.6 Å². The van der Waals surface area contributed by atoms with Crippen molar-refractivity contribution in [3.8, 4) is 5.75 Å². The number of amides is 2. The largest absolute Gasteiger partial charge is 0.487 e. The van der Waals surface area contributed by atoms with Gasteiger partial charge < -0.3 is 15.8 Å². The van der Waals surface area contributed by atoms with Gasteiger partial charge in [-0.1, -0.05) is 13.0 Å². The highest BCUT2D eigenvalue weighted by atomic mass is 19.1. The molecule has 7 nitrogen and oxygen atoms in total. The second-order valence-electron chi connectivity index (χ2n) is 10.7. The lowest BCUT2D eigenvalue weighted by molar-refractivity contribution is -0.131. The lowest BCUT2D eigenvalue weighted by Crippen LogP contribution is -2.52. The van der Waals surface area contributed by atoms with Crippen LogP contribution in [-0.4, -0.2) is 40.4 Å². The highest BCUT2D eigenvalue weighted by Gasteiger charge is 2.57. The third-order valence-corrected chi connectivity index (χ3v) is 6.52. The Hall–Kier alpha value is -2.64. The molecule has 0 radical (unpaired) electrons. The van der Waals surface area contributed by atoms with Gasteiger partial charge in [-0.05, 0) is 45.6 Å². The number of aliphatic imine (C=N–C) groups is 1. The van der Waals surface area contributed by atoms with Crippen LogP contribution in [0.5, 0.6) is 5.75 Å². The molecule has 2 heterocycles. The number of hydrogen-bond donors (Lipinski definition) is 2. The van der Waals surface area contributed by atoms with Crippen LogP contribution in [0.15, 0.2) is 23.2 Å². The summed E-state index contributed by atoms with van der Waals surface area (Å²) in [5.74, 6) is -0.0446. The van der Waals surface area contributed by atoms with Crippen molar-refractivity contribution in [2.75, 3.05) is 6.54 Å². The number of nitrogens with one attached hydrogen (secondary N) is 1. The Labute approximate surface area is 182 Å². The van der Waals surface area contributed by atoms with Gasteiger partial charge in [-0.2, -0.15) is 0 Å². The van der Waals surface area contributed by atoms with Gasteiger partial charge in [0.05, 0.1) is 18.0 Å². The average molecular weight is 431 g/mol. The minimum absolute atomic E-state index is 0.0630. The fourth-order valence-electron chi connectivity index (χ4n) is 4.75. The molecule has 0 spiro atoms. The second kappa shape index (κ2) is 6.93. The van der Waals surface area contributed by atoms with E-state index in [-0.39, 0.29) is 41.0 Å². The number of rotatable bonds is 4. The van der Waals surface area contributed by atoms with Crippen molar-refractivity contribution in [1.82, 2.24) is 10.2 Å². The molecule has 168 valence electrons. The number of carbonyl (C=O) groups excluding carboxylic acids is 2. The van der Waals surface area contributed by atoms with E-state index in [4.69, 9.17) is 10.5 Å². The first-order valence-corrected chi connectivity index (χ1v) is 10.7. The Morgan fingerprint density at radius 3 is 2.68 bits per heavy atom. The quantitative estimate of drug-likeness (QED) is 0.768. The van der Waals surface area contributed by atoms with E-state index in [1.54, 1.807) is 6.07 Å². The van der Waals surface area contributed by atoms with Crippen LogP contribution in [0, 0.1) is 17.2 Å². The standard InChI is InChI=1S/C23H31FN4O3/c1-21(2)11-18(29)28(20(25)27-21)12-23(5)9-15(23)19(30)26-16-10-22(3,4)31-17-8-13(24)6-7-14(16)17/h6-8,15-16H,9-12H2,1-5H3,(H2,25,27)(H,26,30)/t15?,16?,23-/m1/s1. The first-order valence-electron chi connectivity index (χ1n) is 10.7. The van der Waals surface area contributed by atoms with Gasteiger partial charge in [0.1, 0.15) is 17.2 Å². The summed E-state index contributed by atoms with van der Waals surface area (Å²) in [6.07, 6.45) is 1.55. The van der Waals surface area contributed by atoms with E-state index in [2.05, 4.69) is 10.3 Å². The molecule has 2 aliphatic heterocycles. The minimum atomic E-state index is -0.524. The lowest BCUT2D eigenvalue weighted by Gasteiger charge is -2.38. The SMILES string of the molecule is CC1(C)CC(=O)N(C[C@@]2(C)CC2C(=O)NC2CC(C)(C)Oc3cc(F)ccc32)C(N)=N1. The molecule has 4 rings (SSSR count). The summed E-state index contributed by atoms with van der Waals surface area (Å²) in [5.41, 5.74) is 5.46. The molecule has 3 aliphatic rings. The van der Waals surface area contributed by atoms with E-state index in [9.17, 15) is 14.0 Å². The Morgan fingerprint density at radius 2 is 2.00 bits per heavy atom. The van der Waals surface area contributed by atoms with Gasteiger partial charge in [-0.25, -0.2) is 9.38 Å². The van der Waals surface area contributed by atoms with Crippen LogP contribution in [0.1, 0.15) is 65.5 Å². The maximum Gasteiger partial charge on any atom is 0.231 e. The van der Waals surface area contributed by atoms with E-state index < -0.39 is 11.1 Å². The molecule has 31 heavy (non-hydrogen) atoms. The van der Waals surface area contributed by atoms with Crippen LogP contribution in [0.25, 0.3) is 0 Å². The van der Waals surface area contributed by atoms with Gasteiger partial charge in [-0.3, -0.25) is 14.5 Å². The molecule has 2 unspecified atom stereocenters. The van der Waals surface area contributed by atoms with Crippen LogP contribution in [0.3, 0.4) is 0 Å². The van der Waals surface area contributed by atoms with Crippen LogP contribution in [0.4, 0.5) is 4.39 Å². The molecule has 1 aliphatic carbocycles. The van der Waals surface area contributed by atoms with Gasteiger partial charge in [0.2, 0.25) is 11.8 Å². The summed E-state index contributed by atoms with van der Waals surface area (Å²) >= 11 is 0.